The molecule has 1 aromatic heterocycles. The number of hydrogen-bond donors (Lipinski definition) is 0. The lowest BCUT2D eigenvalue weighted by Crippen LogP contribution is -2.10. The van der Waals surface area contributed by atoms with Crippen LogP contribution < -0.4 is 0 Å². The molecule has 0 aromatic carbocycles. The maximum absolute atomic E-state index is 11.4. The first kappa shape index (κ1) is 12.1. The number of halogens is 1. The Bertz CT molecular complexity index is 495. The van der Waals surface area contributed by atoms with Crippen molar-refractivity contribution in [2.45, 2.75) is 18.2 Å². The van der Waals surface area contributed by atoms with Gasteiger partial charge in [-0.25, -0.2) is 8.42 Å². The summed E-state index contributed by atoms with van der Waals surface area (Å²) in [4.78, 5) is 0.0958. The zero-order valence-corrected chi connectivity index (χ0v) is 11.8. The fourth-order valence-corrected chi connectivity index (χ4v) is 5.08. The molecule has 1 fully saturated rings. The topological polar surface area (TPSA) is 52.0 Å². The SMILES string of the molecule is Cc1c(C(Br)C2CCS(=O)(=O)C2)cnn1C. The van der Waals surface area contributed by atoms with Crippen LogP contribution in [-0.4, -0.2) is 29.7 Å². The molecule has 1 aromatic rings. The molecule has 2 atom stereocenters. The van der Waals surface area contributed by atoms with Gasteiger partial charge in [0.1, 0.15) is 0 Å². The van der Waals surface area contributed by atoms with Gasteiger partial charge in [0.15, 0.2) is 9.84 Å². The number of aromatic nitrogens is 2. The summed E-state index contributed by atoms with van der Waals surface area (Å²) in [6.07, 6.45) is 2.56. The molecule has 6 heteroatoms. The molecule has 0 spiro atoms. The summed E-state index contributed by atoms with van der Waals surface area (Å²) in [6.45, 7) is 2.00. The minimum atomic E-state index is -2.81. The van der Waals surface area contributed by atoms with E-state index >= 15 is 0 Å². The minimum absolute atomic E-state index is 0.0958. The van der Waals surface area contributed by atoms with E-state index in [2.05, 4.69) is 21.0 Å². The molecule has 16 heavy (non-hydrogen) atoms. The molecule has 2 heterocycles. The zero-order chi connectivity index (χ0) is 11.9. The van der Waals surface area contributed by atoms with Gasteiger partial charge in [-0.3, -0.25) is 4.68 Å². The van der Waals surface area contributed by atoms with Crippen molar-refractivity contribution in [1.82, 2.24) is 9.78 Å². The minimum Gasteiger partial charge on any atom is -0.273 e. The Labute approximate surface area is 104 Å². The molecule has 4 nitrogen and oxygen atoms in total. The van der Waals surface area contributed by atoms with E-state index in [4.69, 9.17) is 0 Å². The Hall–Kier alpha value is -0.360. The maximum Gasteiger partial charge on any atom is 0.150 e. The maximum atomic E-state index is 11.4. The summed E-state index contributed by atoms with van der Waals surface area (Å²) in [5.41, 5.74) is 2.19. The highest BCUT2D eigenvalue weighted by atomic mass is 79.9. The first-order chi connectivity index (χ1) is 7.41. The van der Waals surface area contributed by atoms with Crippen LogP contribution in [0, 0.1) is 12.8 Å². The Balaban J connectivity index is 2.21. The molecule has 0 aliphatic carbocycles. The lowest BCUT2D eigenvalue weighted by Gasteiger charge is -2.15. The van der Waals surface area contributed by atoms with Crippen LogP contribution in [0.1, 0.15) is 22.5 Å². The smallest absolute Gasteiger partial charge is 0.150 e. The first-order valence-electron chi connectivity index (χ1n) is 5.24. The van der Waals surface area contributed by atoms with Crippen molar-refractivity contribution in [1.29, 1.82) is 0 Å². The summed E-state index contributed by atoms with van der Waals surface area (Å²) in [5, 5.41) is 4.18. The van der Waals surface area contributed by atoms with E-state index in [0.29, 0.717) is 5.75 Å². The summed E-state index contributed by atoms with van der Waals surface area (Å²) in [7, 11) is -0.919. The summed E-state index contributed by atoms with van der Waals surface area (Å²) >= 11 is 3.61. The Morgan fingerprint density at radius 3 is 2.75 bits per heavy atom. The van der Waals surface area contributed by atoms with Crippen LogP contribution in [0.4, 0.5) is 0 Å². The summed E-state index contributed by atoms with van der Waals surface area (Å²) < 4.78 is 24.7. The van der Waals surface area contributed by atoms with Gasteiger partial charge in [0.05, 0.1) is 17.7 Å². The van der Waals surface area contributed by atoms with Gasteiger partial charge in [0, 0.05) is 23.1 Å². The molecule has 0 saturated carbocycles. The second kappa shape index (κ2) is 4.14. The van der Waals surface area contributed by atoms with E-state index in [0.717, 1.165) is 17.7 Å². The Kier molecular flexibility index (Phi) is 3.13. The van der Waals surface area contributed by atoms with Crippen LogP contribution in [0.15, 0.2) is 6.20 Å². The highest BCUT2D eigenvalue weighted by molar-refractivity contribution is 9.09. The van der Waals surface area contributed by atoms with Crippen molar-refractivity contribution in [2.24, 2.45) is 13.0 Å². The molecular formula is C10H15BrN2O2S. The van der Waals surface area contributed by atoms with E-state index in [1.165, 1.54) is 0 Å². The predicted octanol–water partition coefficient (Wildman–Crippen LogP) is 1.60. The van der Waals surface area contributed by atoms with E-state index in [1.54, 1.807) is 0 Å². The highest BCUT2D eigenvalue weighted by Gasteiger charge is 2.34. The van der Waals surface area contributed by atoms with Gasteiger partial charge in [0.2, 0.25) is 0 Å². The largest absolute Gasteiger partial charge is 0.273 e. The second-order valence-corrected chi connectivity index (χ2v) is 7.59. The van der Waals surface area contributed by atoms with Gasteiger partial charge in [-0.2, -0.15) is 5.10 Å². The second-order valence-electron chi connectivity index (χ2n) is 4.37. The van der Waals surface area contributed by atoms with Gasteiger partial charge < -0.3 is 0 Å². The number of nitrogens with zero attached hydrogens (tertiary/aromatic N) is 2. The van der Waals surface area contributed by atoms with Crippen LogP contribution in [0.3, 0.4) is 0 Å². The Morgan fingerprint density at radius 1 is 1.62 bits per heavy atom. The lowest BCUT2D eigenvalue weighted by atomic mass is 9.99. The number of rotatable bonds is 2. The van der Waals surface area contributed by atoms with Crippen molar-refractivity contribution in [2.75, 3.05) is 11.5 Å². The number of alkyl halides is 1. The zero-order valence-electron chi connectivity index (χ0n) is 9.35. The van der Waals surface area contributed by atoms with Crippen LogP contribution in [0.2, 0.25) is 0 Å². The van der Waals surface area contributed by atoms with Gasteiger partial charge in [-0.05, 0) is 19.3 Å². The Morgan fingerprint density at radius 2 is 2.31 bits per heavy atom. The fourth-order valence-electron chi connectivity index (χ4n) is 2.09. The standard InChI is InChI=1S/C10H15BrN2O2S/c1-7-9(5-12-13(7)2)10(11)8-3-4-16(14,15)6-8/h5,8,10H,3-4,6H2,1-2H3. The third-order valence-corrected chi connectivity index (χ3v) is 6.29. The van der Waals surface area contributed by atoms with Crippen LogP contribution >= 0.6 is 15.9 Å². The molecule has 0 amide bonds. The van der Waals surface area contributed by atoms with Crippen molar-refractivity contribution in [3.8, 4) is 0 Å². The van der Waals surface area contributed by atoms with E-state index in [-0.39, 0.29) is 16.5 Å². The van der Waals surface area contributed by atoms with Gasteiger partial charge in [-0.15, -0.1) is 0 Å². The van der Waals surface area contributed by atoms with Crippen molar-refractivity contribution in [3.63, 3.8) is 0 Å². The van der Waals surface area contributed by atoms with Crippen molar-refractivity contribution < 1.29 is 8.42 Å². The third kappa shape index (κ3) is 2.18. The van der Waals surface area contributed by atoms with E-state index in [1.807, 2.05) is 24.9 Å². The van der Waals surface area contributed by atoms with E-state index < -0.39 is 9.84 Å². The molecular weight excluding hydrogens is 292 g/mol. The third-order valence-electron chi connectivity index (χ3n) is 3.25. The molecule has 1 aliphatic heterocycles. The molecule has 0 bridgehead atoms. The first-order valence-corrected chi connectivity index (χ1v) is 7.97. The molecule has 2 rings (SSSR count). The van der Waals surface area contributed by atoms with Gasteiger partial charge >= 0.3 is 0 Å². The molecule has 0 N–H and O–H groups in total. The van der Waals surface area contributed by atoms with Crippen molar-refractivity contribution >= 4 is 25.8 Å². The van der Waals surface area contributed by atoms with E-state index in [9.17, 15) is 8.42 Å². The van der Waals surface area contributed by atoms with Crippen molar-refractivity contribution in [3.05, 3.63) is 17.5 Å². The summed E-state index contributed by atoms with van der Waals surface area (Å²) in [6, 6.07) is 0. The average Bonchev–Trinajstić information content (AvgIpc) is 2.71. The molecule has 1 saturated heterocycles. The monoisotopic (exact) mass is 306 g/mol. The van der Waals surface area contributed by atoms with Gasteiger partial charge in [-0.1, -0.05) is 15.9 Å². The van der Waals surface area contributed by atoms with Crippen LogP contribution in [0.25, 0.3) is 0 Å². The molecule has 2 unspecified atom stereocenters. The number of sulfone groups is 1. The van der Waals surface area contributed by atoms with Gasteiger partial charge in [0.25, 0.3) is 0 Å². The quantitative estimate of drug-likeness (QED) is 0.780. The summed E-state index contributed by atoms with van der Waals surface area (Å²) in [5.74, 6) is 0.781. The number of aryl methyl sites for hydroxylation is 1. The number of hydrogen-bond acceptors (Lipinski definition) is 3. The molecule has 90 valence electrons. The average molecular weight is 307 g/mol. The fraction of sp³-hybridized carbons (Fsp3) is 0.700. The molecule has 0 radical (unpaired) electrons. The normalized spacial score (nSPS) is 25.8. The lowest BCUT2D eigenvalue weighted by molar-refractivity contribution is 0.578. The van der Waals surface area contributed by atoms with Crippen LogP contribution in [0.5, 0.6) is 0 Å². The van der Waals surface area contributed by atoms with Crippen LogP contribution in [-0.2, 0) is 16.9 Å². The predicted molar refractivity (Wildman–Crippen MR) is 66.4 cm³/mol. The molecule has 1 aliphatic rings. The highest BCUT2D eigenvalue weighted by Crippen LogP contribution is 2.38.